The lowest BCUT2D eigenvalue weighted by Crippen LogP contribution is -2.31. The van der Waals surface area contributed by atoms with E-state index in [-0.39, 0.29) is 0 Å². The van der Waals surface area contributed by atoms with Crippen LogP contribution in [0.2, 0.25) is 0 Å². The van der Waals surface area contributed by atoms with Gasteiger partial charge in [0.1, 0.15) is 11.3 Å². The minimum atomic E-state index is 0.546. The molecule has 0 aliphatic carbocycles. The Kier molecular flexibility index (Phi) is 2.08. The molecule has 84 valence electrons. The van der Waals surface area contributed by atoms with Crippen LogP contribution in [0.4, 0.5) is 0 Å². The molecule has 0 amide bonds. The first-order chi connectivity index (χ1) is 8.29. The smallest absolute Gasteiger partial charge is 0.253 e. The van der Waals surface area contributed by atoms with Crippen molar-refractivity contribution in [3.8, 4) is 5.75 Å². The first kappa shape index (κ1) is 9.84. The standard InChI is InChI=1S/C13H10N2O2/c1-17-9-6-7-13-11(8-9)10-4-2-3-5-12(10)14-15(13)16/h2-8H,1H3. The second-order valence-electron chi connectivity index (χ2n) is 3.77. The largest absolute Gasteiger partial charge is 0.594 e. The van der Waals surface area contributed by atoms with Crippen molar-refractivity contribution in [2.75, 3.05) is 7.11 Å². The van der Waals surface area contributed by atoms with Gasteiger partial charge < -0.3 is 9.94 Å². The van der Waals surface area contributed by atoms with Gasteiger partial charge in [0.05, 0.1) is 12.5 Å². The van der Waals surface area contributed by atoms with Crippen molar-refractivity contribution in [3.63, 3.8) is 0 Å². The van der Waals surface area contributed by atoms with Gasteiger partial charge in [0.25, 0.3) is 5.52 Å². The van der Waals surface area contributed by atoms with Crippen LogP contribution in [0.15, 0.2) is 42.5 Å². The predicted molar refractivity (Wildman–Crippen MR) is 64.8 cm³/mol. The number of ether oxygens (including phenoxy) is 1. The Morgan fingerprint density at radius 2 is 1.94 bits per heavy atom. The fourth-order valence-corrected chi connectivity index (χ4v) is 1.96. The third kappa shape index (κ3) is 1.45. The highest BCUT2D eigenvalue weighted by Gasteiger charge is 2.11. The van der Waals surface area contributed by atoms with E-state index in [1.54, 1.807) is 19.2 Å². The zero-order chi connectivity index (χ0) is 11.8. The highest BCUT2D eigenvalue weighted by molar-refractivity contribution is 6.02. The second-order valence-corrected chi connectivity index (χ2v) is 3.77. The molecular weight excluding hydrogens is 216 g/mol. The Labute approximate surface area is 97.6 Å². The minimum Gasteiger partial charge on any atom is -0.594 e. The van der Waals surface area contributed by atoms with E-state index >= 15 is 0 Å². The van der Waals surface area contributed by atoms with Crippen LogP contribution in [0.5, 0.6) is 5.75 Å². The van der Waals surface area contributed by atoms with Gasteiger partial charge >= 0.3 is 0 Å². The Morgan fingerprint density at radius 3 is 2.76 bits per heavy atom. The highest BCUT2D eigenvalue weighted by Crippen LogP contribution is 2.24. The Bertz CT molecular complexity index is 710. The molecule has 17 heavy (non-hydrogen) atoms. The molecule has 0 bridgehead atoms. The van der Waals surface area contributed by atoms with Gasteiger partial charge in [-0.25, -0.2) is 0 Å². The molecule has 1 heterocycles. The Balaban J connectivity index is 2.52. The molecular formula is C13H10N2O2. The third-order valence-electron chi connectivity index (χ3n) is 2.80. The van der Waals surface area contributed by atoms with Gasteiger partial charge in [0.2, 0.25) is 0 Å². The fraction of sp³-hybridized carbons (Fsp3) is 0.0769. The van der Waals surface area contributed by atoms with Crippen LogP contribution in [0, 0.1) is 5.21 Å². The SMILES string of the molecule is COc1ccc2c(c1)c1ccccc1n[n+]2[O-]. The number of benzene rings is 2. The summed E-state index contributed by atoms with van der Waals surface area (Å²) in [7, 11) is 1.61. The van der Waals surface area contributed by atoms with Crippen molar-refractivity contribution < 1.29 is 9.58 Å². The number of hydrogen-bond acceptors (Lipinski definition) is 3. The van der Waals surface area contributed by atoms with Crippen LogP contribution in [0.25, 0.3) is 21.8 Å². The summed E-state index contributed by atoms with van der Waals surface area (Å²) in [6, 6.07) is 12.9. The van der Waals surface area contributed by atoms with Crippen LogP contribution >= 0.6 is 0 Å². The molecule has 3 rings (SSSR count). The average molecular weight is 226 g/mol. The van der Waals surface area contributed by atoms with Crippen LogP contribution in [-0.4, -0.2) is 12.2 Å². The van der Waals surface area contributed by atoms with Crippen molar-refractivity contribution in [1.29, 1.82) is 0 Å². The molecule has 0 N–H and O–H groups in total. The molecule has 0 saturated carbocycles. The fourth-order valence-electron chi connectivity index (χ4n) is 1.96. The normalized spacial score (nSPS) is 10.9. The molecule has 0 radical (unpaired) electrons. The third-order valence-corrected chi connectivity index (χ3v) is 2.80. The van der Waals surface area contributed by atoms with Gasteiger partial charge in [-0.05, 0) is 23.0 Å². The zero-order valence-corrected chi connectivity index (χ0v) is 9.25. The summed E-state index contributed by atoms with van der Waals surface area (Å²) in [6.07, 6.45) is 0. The van der Waals surface area contributed by atoms with Gasteiger partial charge in [0.15, 0.2) is 0 Å². The monoisotopic (exact) mass is 226 g/mol. The van der Waals surface area contributed by atoms with Gasteiger partial charge in [-0.3, -0.25) is 0 Å². The van der Waals surface area contributed by atoms with E-state index in [0.29, 0.717) is 15.9 Å². The molecule has 0 spiro atoms. The number of aromatic nitrogens is 2. The molecule has 4 heteroatoms. The summed E-state index contributed by atoms with van der Waals surface area (Å²) in [4.78, 5) is 0.650. The second kappa shape index (κ2) is 3.59. The quantitative estimate of drug-likeness (QED) is 0.362. The lowest BCUT2D eigenvalue weighted by molar-refractivity contribution is -0.639. The summed E-state index contributed by atoms with van der Waals surface area (Å²) in [5.41, 5.74) is 1.23. The van der Waals surface area contributed by atoms with E-state index in [2.05, 4.69) is 5.10 Å². The van der Waals surface area contributed by atoms with Crippen LogP contribution in [-0.2, 0) is 0 Å². The molecule has 2 aromatic carbocycles. The Morgan fingerprint density at radius 1 is 1.12 bits per heavy atom. The van der Waals surface area contributed by atoms with Crippen LogP contribution < -0.4 is 9.58 Å². The molecule has 0 aliphatic rings. The van der Waals surface area contributed by atoms with Gasteiger partial charge in [-0.2, -0.15) is 0 Å². The molecule has 0 saturated heterocycles. The molecule has 0 aliphatic heterocycles. The maximum atomic E-state index is 11.8. The van der Waals surface area contributed by atoms with Crippen molar-refractivity contribution in [1.82, 2.24) is 5.10 Å². The van der Waals surface area contributed by atoms with Crippen molar-refractivity contribution >= 4 is 21.8 Å². The van der Waals surface area contributed by atoms with Gasteiger partial charge in [-0.1, -0.05) is 18.2 Å². The van der Waals surface area contributed by atoms with Gasteiger partial charge in [0, 0.05) is 16.6 Å². The average Bonchev–Trinajstić information content (AvgIpc) is 2.38. The van der Waals surface area contributed by atoms with Crippen molar-refractivity contribution in [2.24, 2.45) is 0 Å². The van der Waals surface area contributed by atoms with E-state index in [1.165, 1.54) is 0 Å². The maximum Gasteiger partial charge on any atom is 0.253 e. The number of methoxy groups -OCH3 is 1. The summed E-state index contributed by atoms with van der Waals surface area (Å²) in [5.74, 6) is 0.730. The molecule has 0 fully saturated rings. The van der Waals surface area contributed by atoms with Crippen LogP contribution in [0.3, 0.4) is 0 Å². The maximum absolute atomic E-state index is 11.8. The van der Waals surface area contributed by atoms with E-state index in [0.717, 1.165) is 16.5 Å². The number of nitrogens with zero attached hydrogens (tertiary/aromatic N) is 2. The van der Waals surface area contributed by atoms with E-state index in [4.69, 9.17) is 4.74 Å². The summed E-state index contributed by atoms with van der Waals surface area (Å²) >= 11 is 0. The molecule has 3 aromatic rings. The molecule has 4 nitrogen and oxygen atoms in total. The molecule has 0 atom stereocenters. The molecule has 0 unspecified atom stereocenters. The Hall–Kier alpha value is -2.36. The lowest BCUT2D eigenvalue weighted by atomic mass is 10.1. The van der Waals surface area contributed by atoms with Gasteiger partial charge in [-0.15, -0.1) is 0 Å². The lowest BCUT2D eigenvalue weighted by Gasteiger charge is -2.05. The highest BCUT2D eigenvalue weighted by atomic mass is 16.5. The number of fused-ring (bicyclic) bond motifs is 3. The molecule has 1 aromatic heterocycles. The topological polar surface area (TPSA) is 49.1 Å². The summed E-state index contributed by atoms with van der Waals surface area (Å²) in [5, 5.41) is 17.5. The van der Waals surface area contributed by atoms with Crippen molar-refractivity contribution in [2.45, 2.75) is 0 Å². The van der Waals surface area contributed by atoms with E-state index in [9.17, 15) is 5.21 Å². The number of rotatable bonds is 1. The van der Waals surface area contributed by atoms with Crippen LogP contribution in [0.1, 0.15) is 0 Å². The number of hydrogen-bond donors (Lipinski definition) is 0. The first-order valence-corrected chi connectivity index (χ1v) is 5.26. The van der Waals surface area contributed by atoms with E-state index in [1.807, 2.05) is 30.3 Å². The minimum absolute atomic E-state index is 0.546. The predicted octanol–water partition coefficient (Wildman–Crippen LogP) is 2.03. The zero-order valence-electron chi connectivity index (χ0n) is 9.25. The summed E-state index contributed by atoms with van der Waals surface area (Å²) < 4.78 is 5.18. The first-order valence-electron chi connectivity index (χ1n) is 5.26. The van der Waals surface area contributed by atoms with E-state index < -0.39 is 0 Å². The summed E-state index contributed by atoms with van der Waals surface area (Å²) in [6.45, 7) is 0. The van der Waals surface area contributed by atoms with Crippen molar-refractivity contribution in [3.05, 3.63) is 47.7 Å².